The molecule has 0 unspecified atom stereocenters. The number of halogens is 1. The summed E-state index contributed by atoms with van der Waals surface area (Å²) in [5, 5.41) is 0. The molecule has 5 heteroatoms. The van der Waals surface area contributed by atoms with Gasteiger partial charge < -0.3 is 9.32 Å². The van der Waals surface area contributed by atoms with E-state index in [0.717, 1.165) is 5.56 Å². The molecular formula is C10H10BrNO3. The van der Waals surface area contributed by atoms with Gasteiger partial charge in [-0.1, -0.05) is 0 Å². The minimum absolute atomic E-state index is 0.0763. The van der Waals surface area contributed by atoms with E-state index in [1.807, 2.05) is 0 Å². The van der Waals surface area contributed by atoms with E-state index in [-0.39, 0.29) is 18.2 Å². The van der Waals surface area contributed by atoms with E-state index >= 15 is 0 Å². The van der Waals surface area contributed by atoms with E-state index in [1.165, 1.54) is 11.8 Å². The van der Waals surface area contributed by atoms with Gasteiger partial charge in [-0.15, -0.1) is 0 Å². The van der Waals surface area contributed by atoms with Crippen molar-refractivity contribution >= 4 is 27.6 Å². The number of furan rings is 1. The van der Waals surface area contributed by atoms with Crippen LogP contribution in [0, 0.1) is 0 Å². The Morgan fingerprint density at radius 1 is 1.60 bits per heavy atom. The molecule has 0 aromatic carbocycles. The Morgan fingerprint density at radius 2 is 2.33 bits per heavy atom. The molecule has 0 fully saturated rings. The van der Waals surface area contributed by atoms with Gasteiger partial charge in [0.1, 0.15) is 0 Å². The van der Waals surface area contributed by atoms with E-state index in [2.05, 4.69) is 15.9 Å². The molecule has 0 radical (unpaired) electrons. The van der Waals surface area contributed by atoms with E-state index < -0.39 is 0 Å². The van der Waals surface area contributed by atoms with E-state index in [9.17, 15) is 9.59 Å². The normalized spacial score (nSPS) is 16.1. The first-order chi connectivity index (χ1) is 7.08. The summed E-state index contributed by atoms with van der Waals surface area (Å²) in [6, 6.07) is 1.79. The first-order valence-electron chi connectivity index (χ1n) is 4.65. The zero-order valence-corrected chi connectivity index (χ0v) is 9.83. The fourth-order valence-electron chi connectivity index (χ4n) is 1.67. The number of hydrogen-bond donors (Lipinski definition) is 0. The molecule has 1 amide bonds. The molecule has 0 saturated carbocycles. The van der Waals surface area contributed by atoms with Crippen LogP contribution in [0.1, 0.15) is 23.0 Å². The third-order valence-corrected chi connectivity index (χ3v) is 2.85. The van der Waals surface area contributed by atoms with Crippen molar-refractivity contribution in [3.63, 3.8) is 0 Å². The van der Waals surface area contributed by atoms with Gasteiger partial charge in [0, 0.05) is 19.0 Å². The number of amides is 1. The molecule has 80 valence electrons. The van der Waals surface area contributed by atoms with Crippen LogP contribution >= 0.6 is 15.9 Å². The third-order valence-electron chi connectivity index (χ3n) is 2.46. The minimum Gasteiger partial charge on any atom is -0.446 e. The van der Waals surface area contributed by atoms with Crippen molar-refractivity contribution in [3.8, 4) is 0 Å². The largest absolute Gasteiger partial charge is 0.446 e. The predicted molar refractivity (Wildman–Crippen MR) is 56.7 cm³/mol. The molecule has 1 aromatic rings. The van der Waals surface area contributed by atoms with Crippen LogP contribution in [0.5, 0.6) is 0 Å². The van der Waals surface area contributed by atoms with Crippen LogP contribution in [-0.2, 0) is 11.2 Å². The number of hydrogen-bond acceptors (Lipinski definition) is 3. The minimum atomic E-state index is -0.136. The van der Waals surface area contributed by atoms with Gasteiger partial charge in [0.05, 0.1) is 6.54 Å². The molecule has 0 N–H and O–H groups in total. The predicted octanol–water partition coefficient (Wildman–Crippen LogP) is 1.63. The van der Waals surface area contributed by atoms with E-state index in [0.29, 0.717) is 23.4 Å². The molecule has 1 aliphatic heterocycles. The lowest BCUT2D eigenvalue weighted by atomic mass is 10.1. The highest BCUT2D eigenvalue weighted by atomic mass is 79.9. The molecule has 0 bridgehead atoms. The SMILES string of the molecule is CC(=O)N1CCc2cc(Br)oc2C(=O)C1. The van der Waals surface area contributed by atoms with Crippen molar-refractivity contribution in [2.75, 3.05) is 13.1 Å². The second kappa shape index (κ2) is 3.81. The summed E-state index contributed by atoms with van der Waals surface area (Å²) in [5.74, 6) is 0.168. The summed E-state index contributed by atoms with van der Waals surface area (Å²) in [6.07, 6.45) is 0.662. The first-order valence-corrected chi connectivity index (χ1v) is 5.44. The quantitative estimate of drug-likeness (QED) is 0.721. The summed E-state index contributed by atoms with van der Waals surface area (Å²) < 4.78 is 5.82. The molecular weight excluding hydrogens is 262 g/mol. The molecule has 1 aromatic heterocycles. The Kier molecular flexibility index (Phi) is 2.65. The van der Waals surface area contributed by atoms with Crippen LogP contribution in [0.4, 0.5) is 0 Å². The van der Waals surface area contributed by atoms with Gasteiger partial charge in [0.2, 0.25) is 11.7 Å². The highest BCUT2D eigenvalue weighted by molar-refractivity contribution is 9.10. The van der Waals surface area contributed by atoms with Crippen molar-refractivity contribution in [2.45, 2.75) is 13.3 Å². The highest BCUT2D eigenvalue weighted by Crippen LogP contribution is 2.23. The summed E-state index contributed by atoms with van der Waals surface area (Å²) in [6.45, 7) is 2.15. The van der Waals surface area contributed by atoms with Crippen LogP contribution in [0.15, 0.2) is 15.2 Å². The fraction of sp³-hybridized carbons (Fsp3) is 0.400. The number of carbonyl (C=O) groups excluding carboxylic acids is 2. The fourth-order valence-corrected chi connectivity index (χ4v) is 2.10. The van der Waals surface area contributed by atoms with Gasteiger partial charge in [-0.3, -0.25) is 9.59 Å². The van der Waals surface area contributed by atoms with Crippen molar-refractivity contribution in [3.05, 3.63) is 22.1 Å². The van der Waals surface area contributed by atoms with Crippen LogP contribution in [-0.4, -0.2) is 29.7 Å². The van der Waals surface area contributed by atoms with Crippen molar-refractivity contribution in [1.29, 1.82) is 0 Å². The Labute approximate surface area is 95.4 Å². The van der Waals surface area contributed by atoms with E-state index in [4.69, 9.17) is 4.42 Å². The number of Topliss-reactive ketones (excluding diaryl/α,β-unsaturated/α-hetero) is 1. The number of carbonyl (C=O) groups is 2. The van der Waals surface area contributed by atoms with Crippen LogP contribution in [0.25, 0.3) is 0 Å². The standard InChI is InChI=1S/C10H10BrNO3/c1-6(13)12-3-2-7-4-9(11)15-10(7)8(14)5-12/h4H,2-3,5H2,1H3. The number of fused-ring (bicyclic) bond motifs is 1. The summed E-state index contributed by atoms with van der Waals surface area (Å²) in [7, 11) is 0. The molecule has 0 saturated heterocycles. The molecule has 15 heavy (non-hydrogen) atoms. The van der Waals surface area contributed by atoms with Crippen LogP contribution in [0.2, 0.25) is 0 Å². The Hall–Kier alpha value is -1.10. The number of rotatable bonds is 0. The van der Waals surface area contributed by atoms with E-state index in [1.54, 1.807) is 6.07 Å². The Morgan fingerprint density at radius 3 is 3.00 bits per heavy atom. The highest BCUT2D eigenvalue weighted by Gasteiger charge is 2.25. The third kappa shape index (κ3) is 1.97. The molecule has 2 rings (SSSR count). The smallest absolute Gasteiger partial charge is 0.219 e. The van der Waals surface area contributed by atoms with Crippen molar-refractivity contribution < 1.29 is 14.0 Å². The maximum atomic E-state index is 11.7. The topological polar surface area (TPSA) is 50.5 Å². The molecule has 1 aliphatic rings. The number of ketones is 1. The van der Waals surface area contributed by atoms with Crippen molar-refractivity contribution in [2.24, 2.45) is 0 Å². The maximum absolute atomic E-state index is 11.7. The lowest BCUT2D eigenvalue weighted by Crippen LogP contribution is -2.33. The monoisotopic (exact) mass is 271 g/mol. The van der Waals surface area contributed by atoms with Crippen LogP contribution in [0.3, 0.4) is 0 Å². The van der Waals surface area contributed by atoms with Gasteiger partial charge in [-0.25, -0.2) is 0 Å². The summed E-state index contributed by atoms with van der Waals surface area (Å²) in [5.41, 5.74) is 0.871. The van der Waals surface area contributed by atoms with Gasteiger partial charge in [0.15, 0.2) is 10.4 Å². The molecule has 2 heterocycles. The zero-order chi connectivity index (χ0) is 11.0. The number of nitrogens with zero attached hydrogens (tertiary/aromatic N) is 1. The maximum Gasteiger partial charge on any atom is 0.219 e. The van der Waals surface area contributed by atoms with Gasteiger partial charge in [-0.05, 0) is 28.4 Å². The Bertz CT molecular complexity index is 424. The van der Waals surface area contributed by atoms with Gasteiger partial charge in [-0.2, -0.15) is 0 Å². The first kappa shape index (κ1) is 10.4. The van der Waals surface area contributed by atoms with Gasteiger partial charge >= 0.3 is 0 Å². The average molecular weight is 272 g/mol. The second-order valence-corrected chi connectivity index (χ2v) is 4.30. The molecule has 4 nitrogen and oxygen atoms in total. The van der Waals surface area contributed by atoms with Crippen LogP contribution < -0.4 is 0 Å². The molecule has 0 atom stereocenters. The zero-order valence-electron chi connectivity index (χ0n) is 8.25. The average Bonchev–Trinajstić information content (AvgIpc) is 2.46. The lowest BCUT2D eigenvalue weighted by molar-refractivity contribution is -0.128. The Balaban J connectivity index is 2.30. The second-order valence-electron chi connectivity index (χ2n) is 3.52. The molecule has 0 spiro atoms. The lowest BCUT2D eigenvalue weighted by Gasteiger charge is -2.16. The molecule has 0 aliphatic carbocycles. The van der Waals surface area contributed by atoms with Crippen molar-refractivity contribution in [1.82, 2.24) is 4.90 Å². The summed E-state index contributed by atoms with van der Waals surface area (Å²) >= 11 is 3.19. The summed E-state index contributed by atoms with van der Waals surface area (Å²) in [4.78, 5) is 24.4. The van der Waals surface area contributed by atoms with Gasteiger partial charge in [0.25, 0.3) is 0 Å².